The number of hydrogen-bond donors (Lipinski definition) is 0. The van der Waals surface area contributed by atoms with Crippen molar-refractivity contribution in [1.82, 2.24) is 9.97 Å². The van der Waals surface area contributed by atoms with E-state index in [0.29, 0.717) is 0 Å². The van der Waals surface area contributed by atoms with E-state index in [-0.39, 0.29) is 0 Å². The molecule has 0 aromatic carbocycles. The molecular weight excluding hydrogens is 276 g/mol. The number of nitrogens with zero attached hydrogens (tertiary/aromatic N) is 2. The lowest BCUT2D eigenvalue weighted by molar-refractivity contribution is 0.195. The zero-order valence-corrected chi connectivity index (χ0v) is 13.6. The molecular formula is C18H26N2O2. The van der Waals surface area contributed by atoms with Crippen LogP contribution in [0.5, 0.6) is 0 Å². The van der Waals surface area contributed by atoms with Gasteiger partial charge < -0.3 is 9.47 Å². The Morgan fingerprint density at radius 3 is 1.50 bits per heavy atom. The van der Waals surface area contributed by atoms with Crippen LogP contribution in [0, 0.1) is 0 Å². The number of aryl methyl sites for hydroxylation is 2. The maximum absolute atomic E-state index is 4.94. The van der Waals surface area contributed by atoms with Gasteiger partial charge in [0.15, 0.2) is 0 Å². The van der Waals surface area contributed by atoms with Crippen molar-refractivity contribution in [1.29, 1.82) is 0 Å². The third kappa shape index (κ3) is 9.21. The summed E-state index contributed by atoms with van der Waals surface area (Å²) in [6.07, 6.45) is 7.76. The first kappa shape index (κ1) is 18.3. The van der Waals surface area contributed by atoms with Gasteiger partial charge in [-0.2, -0.15) is 0 Å². The molecule has 0 aliphatic rings. The van der Waals surface area contributed by atoms with Gasteiger partial charge in [0.05, 0.1) is 0 Å². The Hall–Kier alpha value is -1.78. The van der Waals surface area contributed by atoms with E-state index in [1.165, 1.54) is 0 Å². The molecule has 0 N–H and O–H groups in total. The zero-order valence-electron chi connectivity index (χ0n) is 13.6. The Kier molecular flexibility index (Phi) is 10.7. The SMILES string of the molecule is COCCCc1ccccn1.COCCCc1ccccn1. The number of ether oxygens (including phenoxy) is 2. The van der Waals surface area contributed by atoms with Crippen molar-refractivity contribution in [3.63, 3.8) is 0 Å². The Morgan fingerprint density at radius 1 is 0.727 bits per heavy atom. The van der Waals surface area contributed by atoms with Crippen molar-refractivity contribution in [2.75, 3.05) is 27.4 Å². The van der Waals surface area contributed by atoms with E-state index >= 15 is 0 Å². The van der Waals surface area contributed by atoms with E-state index in [1.54, 1.807) is 14.2 Å². The smallest absolute Gasteiger partial charge is 0.0466 e. The molecule has 4 heteroatoms. The second kappa shape index (κ2) is 12.9. The van der Waals surface area contributed by atoms with Crippen molar-refractivity contribution >= 4 is 0 Å². The maximum atomic E-state index is 4.94. The Bertz CT molecular complexity index is 418. The molecule has 0 spiro atoms. The summed E-state index contributed by atoms with van der Waals surface area (Å²) < 4.78 is 9.87. The summed E-state index contributed by atoms with van der Waals surface area (Å²) >= 11 is 0. The van der Waals surface area contributed by atoms with Crippen molar-refractivity contribution in [2.24, 2.45) is 0 Å². The van der Waals surface area contributed by atoms with Gasteiger partial charge in [-0.15, -0.1) is 0 Å². The predicted octanol–water partition coefficient (Wildman–Crippen LogP) is 3.32. The standard InChI is InChI=1S/2C9H13NO/c2*1-11-8-4-6-9-5-2-3-7-10-9/h2*2-3,5,7H,4,6,8H2,1H3. The lowest BCUT2D eigenvalue weighted by Gasteiger charge is -1.97. The summed E-state index contributed by atoms with van der Waals surface area (Å²) in [4.78, 5) is 8.39. The molecule has 120 valence electrons. The highest BCUT2D eigenvalue weighted by molar-refractivity contribution is 5.03. The first-order valence-corrected chi connectivity index (χ1v) is 7.64. The van der Waals surface area contributed by atoms with E-state index in [2.05, 4.69) is 9.97 Å². The van der Waals surface area contributed by atoms with Gasteiger partial charge in [0.25, 0.3) is 0 Å². The largest absolute Gasteiger partial charge is 0.385 e. The molecule has 0 bridgehead atoms. The van der Waals surface area contributed by atoms with Crippen LogP contribution in [-0.2, 0) is 22.3 Å². The number of aromatic nitrogens is 2. The van der Waals surface area contributed by atoms with Crippen molar-refractivity contribution in [3.8, 4) is 0 Å². The summed E-state index contributed by atoms with van der Waals surface area (Å²) in [6.45, 7) is 1.63. The highest BCUT2D eigenvalue weighted by atomic mass is 16.5. The number of hydrogen-bond acceptors (Lipinski definition) is 4. The third-order valence-corrected chi connectivity index (χ3v) is 3.02. The van der Waals surface area contributed by atoms with Gasteiger partial charge in [0.2, 0.25) is 0 Å². The van der Waals surface area contributed by atoms with E-state index < -0.39 is 0 Å². The minimum Gasteiger partial charge on any atom is -0.385 e. The molecule has 0 unspecified atom stereocenters. The van der Waals surface area contributed by atoms with Gasteiger partial charge in [-0.05, 0) is 49.9 Å². The average molecular weight is 302 g/mol. The van der Waals surface area contributed by atoms with E-state index in [9.17, 15) is 0 Å². The molecule has 0 radical (unpaired) electrons. The highest BCUT2D eigenvalue weighted by Gasteiger charge is 1.91. The van der Waals surface area contributed by atoms with Gasteiger partial charge in [0.1, 0.15) is 0 Å². The van der Waals surface area contributed by atoms with Gasteiger partial charge in [-0.1, -0.05) is 12.1 Å². The van der Waals surface area contributed by atoms with Crippen LogP contribution in [0.15, 0.2) is 48.8 Å². The second-order valence-electron chi connectivity index (χ2n) is 4.83. The summed E-state index contributed by atoms with van der Waals surface area (Å²) in [5, 5.41) is 0. The zero-order chi connectivity index (χ0) is 15.9. The van der Waals surface area contributed by atoms with Crippen molar-refractivity contribution in [2.45, 2.75) is 25.7 Å². The van der Waals surface area contributed by atoms with Crippen LogP contribution in [0.2, 0.25) is 0 Å². The summed E-state index contributed by atoms with van der Waals surface area (Å²) in [5.74, 6) is 0. The van der Waals surface area contributed by atoms with Crippen molar-refractivity contribution in [3.05, 3.63) is 60.2 Å². The third-order valence-electron chi connectivity index (χ3n) is 3.02. The molecule has 2 aromatic rings. The molecule has 0 fully saturated rings. The highest BCUT2D eigenvalue weighted by Crippen LogP contribution is 1.98. The molecule has 22 heavy (non-hydrogen) atoms. The minimum atomic E-state index is 0.816. The molecule has 0 saturated heterocycles. The molecule has 2 rings (SSSR count). The van der Waals surface area contributed by atoms with Gasteiger partial charge in [-0.25, -0.2) is 0 Å². The predicted molar refractivity (Wildman–Crippen MR) is 88.9 cm³/mol. The van der Waals surface area contributed by atoms with Crippen LogP contribution in [-0.4, -0.2) is 37.4 Å². The fourth-order valence-corrected chi connectivity index (χ4v) is 1.89. The molecule has 2 aromatic heterocycles. The van der Waals surface area contributed by atoms with Crippen LogP contribution in [0.1, 0.15) is 24.2 Å². The minimum absolute atomic E-state index is 0.816. The van der Waals surface area contributed by atoms with Gasteiger partial charge >= 0.3 is 0 Å². The van der Waals surface area contributed by atoms with E-state index in [0.717, 1.165) is 50.3 Å². The van der Waals surface area contributed by atoms with Crippen LogP contribution >= 0.6 is 0 Å². The lowest BCUT2D eigenvalue weighted by atomic mass is 10.2. The average Bonchev–Trinajstić information content (AvgIpc) is 2.58. The van der Waals surface area contributed by atoms with Gasteiger partial charge in [0, 0.05) is 51.2 Å². The van der Waals surface area contributed by atoms with E-state index in [4.69, 9.17) is 9.47 Å². The normalized spacial score (nSPS) is 9.91. The lowest BCUT2D eigenvalue weighted by Crippen LogP contribution is -1.93. The summed E-state index contributed by atoms with van der Waals surface area (Å²) in [7, 11) is 3.44. The van der Waals surface area contributed by atoms with Crippen molar-refractivity contribution < 1.29 is 9.47 Å². The van der Waals surface area contributed by atoms with Crippen LogP contribution in [0.4, 0.5) is 0 Å². The Labute approximate surface area is 133 Å². The van der Waals surface area contributed by atoms with Crippen LogP contribution in [0.25, 0.3) is 0 Å². The molecule has 4 nitrogen and oxygen atoms in total. The molecule has 0 saturated carbocycles. The topological polar surface area (TPSA) is 44.2 Å². The van der Waals surface area contributed by atoms with Crippen LogP contribution < -0.4 is 0 Å². The molecule has 0 atom stereocenters. The number of pyridine rings is 2. The van der Waals surface area contributed by atoms with Gasteiger partial charge in [-0.3, -0.25) is 9.97 Å². The summed E-state index contributed by atoms with van der Waals surface area (Å²) in [6, 6.07) is 12.0. The second-order valence-corrected chi connectivity index (χ2v) is 4.83. The number of methoxy groups -OCH3 is 2. The molecule has 0 aliphatic carbocycles. The molecule has 0 amide bonds. The maximum Gasteiger partial charge on any atom is 0.0466 e. The monoisotopic (exact) mass is 302 g/mol. The van der Waals surface area contributed by atoms with E-state index in [1.807, 2.05) is 48.8 Å². The van der Waals surface area contributed by atoms with Crippen LogP contribution in [0.3, 0.4) is 0 Å². The number of rotatable bonds is 8. The quantitative estimate of drug-likeness (QED) is 0.702. The first-order valence-electron chi connectivity index (χ1n) is 7.64. The fraction of sp³-hybridized carbons (Fsp3) is 0.444. The fourth-order valence-electron chi connectivity index (χ4n) is 1.89. The first-order chi connectivity index (χ1) is 10.9. The molecule has 2 heterocycles. The molecule has 0 aliphatic heterocycles. The summed E-state index contributed by atoms with van der Waals surface area (Å²) in [5.41, 5.74) is 2.29. The Morgan fingerprint density at radius 2 is 1.18 bits per heavy atom. The Balaban J connectivity index is 0.000000220.